The van der Waals surface area contributed by atoms with Gasteiger partial charge in [0, 0.05) is 35.5 Å². The van der Waals surface area contributed by atoms with E-state index in [-0.39, 0.29) is 5.97 Å². The lowest BCUT2D eigenvalue weighted by molar-refractivity contribution is -0.134. The number of hydrogen-bond acceptors (Lipinski definition) is 5. The van der Waals surface area contributed by atoms with Crippen molar-refractivity contribution in [2.24, 2.45) is 17.8 Å². The van der Waals surface area contributed by atoms with Crippen molar-refractivity contribution in [3.63, 3.8) is 0 Å². The molecule has 2 atom stereocenters. The molecule has 2 unspecified atom stereocenters. The molecule has 0 spiro atoms. The zero-order valence-electron chi connectivity index (χ0n) is 15.4. The average molecular weight is 367 g/mol. The fourth-order valence-electron chi connectivity index (χ4n) is 5.92. The Balaban J connectivity index is 1.50. The number of aromatic amines is 1. The smallest absolute Gasteiger partial charge is 0.330 e. The summed E-state index contributed by atoms with van der Waals surface area (Å²) in [4.78, 5) is 19.2. The van der Waals surface area contributed by atoms with Crippen LogP contribution in [0, 0.1) is 17.8 Å². The summed E-state index contributed by atoms with van der Waals surface area (Å²) in [7, 11) is 1.37. The van der Waals surface area contributed by atoms with Gasteiger partial charge in [-0.3, -0.25) is 0 Å². The number of nitrogens with one attached hydrogen (secondary N) is 2. The van der Waals surface area contributed by atoms with Crippen LogP contribution in [0.5, 0.6) is 0 Å². The molecule has 142 valence electrons. The molecular formula is C21H25N3O3. The highest BCUT2D eigenvalue weighted by Gasteiger charge is 2.54. The maximum atomic E-state index is 11.6. The van der Waals surface area contributed by atoms with Crippen molar-refractivity contribution >= 4 is 28.8 Å². The van der Waals surface area contributed by atoms with Crippen LogP contribution < -0.4 is 5.32 Å². The van der Waals surface area contributed by atoms with Gasteiger partial charge < -0.3 is 20.1 Å². The topological polar surface area (TPSA) is 87.2 Å². The van der Waals surface area contributed by atoms with E-state index < -0.39 is 5.60 Å². The van der Waals surface area contributed by atoms with Crippen LogP contribution >= 0.6 is 0 Å². The molecule has 3 N–H and O–H groups in total. The van der Waals surface area contributed by atoms with Gasteiger partial charge in [-0.1, -0.05) is 0 Å². The first-order valence-corrected chi connectivity index (χ1v) is 9.76. The lowest BCUT2D eigenvalue weighted by atomic mass is 9.52. The van der Waals surface area contributed by atoms with Crippen LogP contribution in [0.4, 0.5) is 5.69 Å². The van der Waals surface area contributed by atoms with Gasteiger partial charge in [0.05, 0.1) is 18.4 Å². The first-order valence-electron chi connectivity index (χ1n) is 9.76. The molecule has 4 aliphatic carbocycles. The first-order chi connectivity index (χ1) is 13.0. The molecule has 2 aromatic rings. The van der Waals surface area contributed by atoms with E-state index in [0.29, 0.717) is 23.8 Å². The molecule has 4 bridgehead atoms. The zero-order valence-corrected chi connectivity index (χ0v) is 15.4. The van der Waals surface area contributed by atoms with E-state index in [4.69, 9.17) is 4.74 Å². The number of esters is 1. The summed E-state index contributed by atoms with van der Waals surface area (Å²) in [5.74, 6) is 1.29. The lowest BCUT2D eigenvalue weighted by Gasteiger charge is -2.58. The predicted molar refractivity (Wildman–Crippen MR) is 103 cm³/mol. The van der Waals surface area contributed by atoms with Crippen LogP contribution in [0.25, 0.3) is 17.1 Å². The minimum atomic E-state index is -0.441. The number of pyridine rings is 1. The summed E-state index contributed by atoms with van der Waals surface area (Å²) in [6.45, 7) is 0. The molecule has 0 aromatic carbocycles. The largest absolute Gasteiger partial charge is 0.466 e. The monoisotopic (exact) mass is 367 g/mol. The number of nitrogens with zero attached hydrogens (tertiary/aromatic N) is 1. The molecule has 0 aliphatic heterocycles. The number of aromatic nitrogens is 2. The first kappa shape index (κ1) is 16.8. The molecular weight excluding hydrogens is 342 g/mol. The maximum absolute atomic E-state index is 11.6. The van der Waals surface area contributed by atoms with E-state index in [1.54, 1.807) is 12.3 Å². The highest BCUT2D eigenvalue weighted by atomic mass is 16.5. The van der Waals surface area contributed by atoms with Crippen LogP contribution in [0.15, 0.2) is 24.5 Å². The van der Waals surface area contributed by atoms with Gasteiger partial charge in [-0.05, 0) is 62.0 Å². The summed E-state index contributed by atoms with van der Waals surface area (Å²) < 4.78 is 4.72. The minimum absolute atomic E-state index is 0.354. The fraction of sp³-hybridized carbons (Fsp3) is 0.524. The van der Waals surface area contributed by atoms with E-state index >= 15 is 0 Å². The highest BCUT2D eigenvalue weighted by molar-refractivity contribution is 5.96. The fourth-order valence-corrected chi connectivity index (χ4v) is 5.92. The number of rotatable bonds is 4. The molecule has 6 nitrogen and oxygen atoms in total. The number of methoxy groups -OCH3 is 1. The van der Waals surface area contributed by atoms with Crippen LogP contribution in [-0.4, -0.2) is 39.8 Å². The Bertz CT molecular complexity index is 903. The summed E-state index contributed by atoms with van der Waals surface area (Å²) >= 11 is 0. The molecule has 4 aliphatic rings. The Morgan fingerprint density at radius 2 is 2.15 bits per heavy atom. The van der Waals surface area contributed by atoms with Crippen molar-refractivity contribution in [1.82, 2.24) is 9.97 Å². The standard InChI is InChI=1S/C21H25N3O3/c1-27-17(25)3-2-13-11-23-20-16(4-5-22-20)19(13)24-18-14-6-12-7-15(18)10-21(26,8-12)9-14/h2-5,11-12,14-15,18,26H,6-10H2,1H3,(H2,22,23,24). The number of H-pyrrole nitrogens is 1. The molecule has 4 saturated carbocycles. The third-order valence-corrected chi connectivity index (χ3v) is 6.77. The predicted octanol–water partition coefficient (Wildman–Crippen LogP) is 3.10. The van der Waals surface area contributed by atoms with E-state index in [1.165, 1.54) is 26.0 Å². The van der Waals surface area contributed by atoms with E-state index in [0.717, 1.165) is 41.5 Å². The Morgan fingerprint density at radius 3 is 2.85 bits per heavy atom. The van der Waals surface area contributed by atoms with Crippen molar-refractivity contribution in [1.29, 1.82) is 0 Å². The lowest BCUT2D eigenvalue weighted by Crippen LogP contribution is -2.59. The quantitative estimate of drug-likeness (QED) is 0.571. The second-order valence-corrected chi connectivity index (χ2v) is 8.55. The van der Waals surface area contributed by atoms with Crippen molar-refractivity contribution in [3.8, 4) is 0 Å². The Hall–Kier alpha value is -2.34. The second-order valence-electron chi connectivity index (χ2n) is 8.55. The number of hydrogen-bond donors (Lipinski definition) is 3. The molecule has 2 heterocycles. The molecule has 0 radical (unpaired) electrons. The van der Waals surface area contributed by atoms with Crippen LogP contribution in [0.2, 0.25) is 0 Å². The number of aliphatic hydroxyl groups is 1. The van der Waals surface area contributed by atoms with Gasteiger partial charge in [-0.2, -0.15) is 0 Å². The SMILES string of the molecule is COC(=O)C=Cc1cnc2[nH]ccc2c1NC1C2CC3CC1CC(O)(C3)C2. The summed E-state index contributed by atoms with van der Waals surface area (Å²) in [6.07, 6.45) is 12.0. The van der Waals surface area contributed by atoms with Crippen LogP contribution in [0.1, 0.15) is 37.7 Å². The molecule has 0 amide bonds. The van der Waals surface area contributed by atoms with Gasteiger partial charge in [0.2, 0.25) is 0 Å². The van der Waals surface area contributed by atoms with Crippen molar-refractivity contribution in [2.75, 3.05) is 12.4 Å². The number of anilines is 1. The van der Waals surface area contributed by atoms with E-state index in [2.05, 4.69) is 15.3 Å². The molecule has 4 fully saturated rings. The van der Waals surface area contributed by atoms with Gasteiger partial charge in [0.15, 0.2) is 0 Å². The van der Waals surface area contributed by atoms with Crippen LogP contribution in [0.3, 0.4) is 0 Å². The third kappa shape index (κ3) is 2.83. The molecule has 6 heteroatoms. The number of carbonyl (C=O) groups is 1. The van der Waals surface area contributed by atoms with Crippen LogP contribution in [-0.2, 0) is 9.53 Å². The Kier molecular flexibility index (Phi) is 3.79. The highest BCUT2D eigenvalue weighted by Crippen LogP contribution is 2.56. The molecule has 27 heavy (non-hydrogen) atoms. The van der Waals surface area contributed by atoms with Crippen molar-refractivity contribution in [3.05, 3.63) is 30.1 Å². The Labute approximate surface area is 158 Å². The summed E-state index contributed by atoms with van der Waals surface area (Å²) in [6, 6.07) is 2.37. The Morgan fingerprint density at radius 1 is 1.37 bits per heavy atom. The van der Waals surface area contributed by atoms with Crippen molar-refractivity contribution < 1.29 is 14.6 Å². The van der Waals surface area contributed by atoms with Gasteiger partial charge in [-0.25, -0.2) is 9.78 Å². The van der Waals surface area contributed by atoms with Gasteiger partial charge in [-0.15, -0.1) is 0 Å². The molecule has 0 saturated heterocycles. The summed E-state index contributed by atoms with van der Waals surface area (Å²) in [5.41, 5.74) is 2.27. The molecule has 6 rings (SSSR count). The molecule has 2 aromatic heterocycles. The van der Waals surface area contributed by atoms with E-state index in [9.17, 15) is 9.90 Å². The summed E-state index contributed by atoms with van der Waals surface area (Å²) in [5, 5.41) is 15.7. The van der Waals surface area contributed by atoms with Crippen molar-refractivity contribution in [2.45, 2.75) is 43.7 Å². The number of ether oxygens (including phenoxy) is 1. The maximum Gasteiger partial charge on any atom is 0.330 e. The average Bonchev–Trinajstić information content (AvgIpc) is 3.10. The van der Waals surface area contributed by atoms with Gasteiger partial charge >= 0.3 is 5.97 Å². The zero-order chi connectivity index (χ0) is 18.6. The number of fused-ring (bicyclic) bond motifs is 1. The number of carbonyl (C=O) groups excluding carboxylic acids is 1. The van der Waals surface area contributed by atoms with Gasteiger partial charge in [0.25, 0.3) is 0 Å². The van der Waals surface area contributed by atoms with E-state index in [1.807, 2.05) is 12.3 Å². The second kappa shape index (κ2) is 6.09. The third-order valence-electron chi connectivity index (χ3n) is 6.77. The normalized spacial score (nSPS) is 34.4. The minimum Gasteiger partial charge on any atom is -0.466 e. The van der Waals surface area contributed by atoms with Gasteiger partial charge in [0.1, 0.15) is 5.65 Å².